The second-order valence-corrected chi connectivity index (χ2v) is 12.0. The summed E-state index contributed by atoms with van der Waals surface area (Å²) in [7, 11) is 0.00529. The van der Waals surface area contributed by atoms with Gasteiger partial charge in [0.2, 0.25) is 5.95 Å². The highest BCUT2D eigenvalue weighted by molar-refractivity contribution is 7.61. The van der Waals surface area contributed by atoms with Gasteiger partial charge < -0.3 is 19.7 Å². The van der Waals surface area contributed by atoms with E-state index in [0.29, 0.717) is 18.2 Å². The van der Waals surface area contributed by atoms with E-state index in [1.807, 2.05) is 43.8 Å². The largest absolute Gasteiger partial charge is 0.369 e. The summed E-state index contributed by atoms with van der Waals surface area (Å²) in [5.41, 5.74) is 3.11. The van der Waals surface area contributed by atoms with Gasteiger partial charge in [0.1, 0.15) is 0 Å². The molecule has 1 saturated carbocycles. The van der Waals surface area contributed by atoms with Crippen LogP contribution in [0.3, 0.4) is 0 Å². The van der Waals surface area contributed by atoms with Crippen molar-refractivity contribution < 1.29 is 4.57 Å². The maximum absolute atomic E-state index is 12.2. The van der Waals surface area contributed by atoms with E-state index in [0.717, 1.165) is 35.8 Å². The molecule has 1 aliphatic carbocycles. The number of fused-ring (bicyclic) bond motifs is 1. The highest BCUT2D eigenvalue weighted by Crippen LogP contribution is 2.41. The number of aromatic nitrogens is 2. The van der Waals surface area contributed by atoms with Crippen molar-refractivity contribution in [1.29, 1.82) is 0 Å². The predicted molar refractivity (Wildman–Crippen MR) is 118 cm³/mol. The topological polar surface area (TPSA) is 61.4 Å². The summed E-state index contributed by atoms with van der Waals surface area (Å²) in [6, 6.07) is 8.66. The molecule has 4 rings (SSSR count). The second-order valence-electron chi connectivity index (χ2n) is 8.51. The molecule has 0 radical (unpaired) electrons. The smallest absolute Gasteiger partial charge is 0.229 e. The van der Waals surface area contributed by atoms with Crippen LogP contribution in [0.1, 0.15) is 31.2 Å². The Labute approximate surface area is 167 Å². The zero-order valence-electron chi connectivity index (χ0n) is 17.1. The van der Waals surface area contributed by atoms with Crippen LogP contribution in [0.2, 0.25) is 0 Å². The van der Waals surface area contributed by atoms with Gasteiger partial charge in [0, 0.05) is 38.0 Å². The van der Waals surface area contributed by atoms with E-state index in [4.69, 9.17) is 4.98 Å². The third kappa shape index (κ3) is 4.33. The normalized spacial score (nSPS) is 17.7. The highest BCUT2D eigenvalue weighted by atomic mass is 31.2. The molecule has 0 atom stereocenters. The number of nitrogens with one attached hydrogen (secondary N) is 1. The van der Waals surface area contributed by atoms with E-state index in [9.17, 15) is 4.57 Å². The molecular formula is C21H30N5OP. The van der Waals surface area contributed by atoms with Gasteiger partial charge in [-0.3, -0.25) is 0 Å². The number of benzene rings is 1. The Morgan fingerprint density at radius 3 is 2.75 bits per heavy atom. The molecule has 0 unspecified atom stereocenters. The molecule has 0 bridgehead atoms. The van der Waals surface area contributed by atoms with E-state index >= 15 is 0 Å². The highest BCUT2D eigenvalue weighted by Gasteiger charge is 2.30. The summed E-state index contributed by atoms with van der Waals surface area (Å²) in [4.78, 5) is 14.2. The van der Waals surface area contributed by atoms with Gasteiger partial charge in [-0.15, -0.1) is 0 Å². The molecule has 7 heteroatoms. The molecule has 0 saturated heterocycles. The zero-order valence-corrected chi connectivity index (χ0v) is 18.0. The first kappa shape index (κ1) is 19.3. The molecule has 1 fully saturated rings. The van der Waals surface area contributed by atoms with Gasteiger partial charge >= 0.3 is 0 Å². The van der Waals surface area contributed by atoms with Crippen molar-refractivity contribution in [3.63, 3.8) is 0 Å². The summed E-state index contributed by atoms with van der Waals surface area (Å²) in [5.74, 6) is 1.66. The zero-order chi connectivity index (χ0) is 19.7. The summed E-state index contributed by atoms with van der Waals surface area (Å²) in [5, 5.41) is 3.35. The quantitative estimate of drug-likeness (QED) is 0.745. The van der Waals surface area contributed by atoms with Gasteiger partial charge in [0.05, 0.1) is 19.0 Å². The Balaban J connectivity index is 1.59. The van der Waals surface area contributed by atoms with Crippen LogP contribution in [-0.4, -0.2) is 49.5 Å². The van der Waals surface area contributed by atoms with Crippen molar-refractivity contribution in [1.82, 2.24) is 9.97 Å². The SMILES string of the molecule is CN1CCN(C2CCCC2)c2nc(Nc3cccc(CP(C)(C)=O)c3)ncc21. The number of rotatable bonds is 5. The minimum absolute atomic E-state index is 0.599. The molecule has 2 heterocycles. The molecule has 1 N–H and O–H groups in total. The number of hydrogen-bond acceptors (Lipinski definition) is 6. The lowest BCUT2D eigenvalue weighted by molar-refractivity contribution is 0.582. The molecule has 6 nitrogen and oxygen atoms in total. The molecule has 150 valence electrons. The summed E-state index contributed by atoms with van der Waals surface area (Å²) in [6.07, 6.45) is 7.68. The number of hydrogen-bond donors (Lipinski definition) is 1. The van der Waals surface area contributed by atoms with Gasteiger partial charge in [0.15, 0.2) is 5.82 Å². The lowest BCUT2D eigenvalue weighted by Gasteiger charge is -2.39. The predicted octanol–water partition coefficient (Wildman–Crippen LogP) is 4.54. The first-order valence-corrected chi connectivity index (χ1v) is 12.9. The van der Waals surface area contributed by atoms with Gasteiger partial charge in [-0.2, -0.15) is 4.98 Å². The lowest BCUT2D eigenvalue weighted by atomic mass is 10.1. The fraction of sp³-hybridized carbons (Fsp3) is 0.524. The van der Waals surface area contributed by atoms with Gasteiger partial charge in [-0.25, -0.2) is 4.98 Å². The Hall–Kier alpha value is -2.07. The molecular weight excluding hydrogens is 369 g/mol. The molecule has 0 spiro atoms. The molecule has 28 heavy (non-hydrogen) atoms. The van der Waals surface area contributed by atoms with Crippen LogP contribution < -0.4 is 15.1 Å². The fourth-order valence-electron chi connectivity index (χ4n) is 4.28. The van der Waals surface area contributed by atoms with E-state index < -0.39 is 7.14 Å². The second kappa shape index (κ2) is 7.75. The Bertz CT molecular complexity index is 890. The minimum atomic E-state index is -2.10. The molecule has 0 amide bonds. The van der Waals surface area contributed by atoms with Crippen molar-refractivity contribution in [3.05, 3.63) is 36.0 Å². The summed E-state index contributed by atoms with van der Waals surface area (Å²) in [6.45, 7) is 5.68. The average Bonchev–Trinajstić information content (AvgIpc) is 3.15. The number of likely N-dealkylation sites (N-methyl/N-ethyl adjacent to an activating group) is 1. The Morgan fingerprint density at radius 2 is 2.00 bits per heavy atom. The van der Waals surface area contributed by atoms with Gasteiger partial charge in [0.25, 0.3) is 0 Å². The van der Waals surface area contributed by atoms with Crippen LogP contribution in [0.5, 0.6) is 0 Å². The standard InChI is InChI=1S/C21H30N5OP/c1-25-11-12-26(18-9-4-5-10-18)20-19(25)14-22-21(24-20)23-17-8-6-7-16(13-17)15-28(2,3)27/h6-8,13-14,18H,4-5,9-12,15H2,1-3H3,(H,22,23,24). The van der Waals surface area contributed by atoms with Crippen molar-refractivity contribution in [3.8, 4) is 0 Å². The molecule has 2 aliphatic rings. The molecule has 2 aromatic rings. The van der Waals surface area contributed by atoms with Crippen LogP contribution in [0.15, 0.2) is 30.5 Å². The van der Waals surface area contributed by atoms with Crippen molar-refractivity contribution >= 4 is 30.3 Å². The molecule has 1 aromatic heterocycles. The van der Waals surface area contributed by atoms with Gasteiger partial charge in [-0.05, 0) is 43.9 Å². The van der Waals surface area contributed by atoms with Crippen LogP contribution in [-0.2, 0) is 10.7 Å². The van der Waals surface area contributed by atoms with E-state index in [1.165, 1.54) is 25.7 Å². The molecule has 1 aliphatic heterocycles. The monoisotopic (exact) mass is 399 g/mol. The van der Waals surface area contributed by atoms with Gasteiger partial charge in [-0.1, -0.05) is 25.0 Å². The number of nitrogens with zero attached hydrogens (tertiary/aromatic N) is 4. The minimum Gasteiger partial charge on any atom is -0.369 e. The maximum atomic E-state index is 12.2. The van der Waals surface area contributed by atoms with Crippen molar-refractivity contribution in [2.75, 3.05) is 48.6 Å². The Morgan fingerprint density at radius 1 is 1.21 bits per heavy atom. The van der Waals surface area contributed by atoms with Crippen molar-refractivity contribution in [2.24, 2.45) is 0 Å². The third-order valence-corrected chi connectivity index (χ3v) is 6.75. The van der Waals surface area contributed by atoms with Crippen LogP contribution in [0.25, 0.3) is 0 Å². The van der Waals surface area contributed by atoms with E-state index in [-0.39, 0.29) is 0 Å². The van der Waals surface area contributed by atoms with E-state index in [2.05, 4.69) is 27.1 Å². The Kier molecular flexibility index (Phi) is 5.33. The van der Waals surface area contributed by atoms with Crippen molar-refractivity contribution in [2.45, 2.75) is 37.9 Å². The third-order valence-electron chi connectivity index (χ3n) is 5.62. The van der Waals surface area contributed by atoms with Crippen LogP contribution in [0.4, 0.5) is 23.1 Å². The van der Waals surface area contributed by atoms with Crippen LogP contribution in [0, 0.1) is 0 Å². The summed E-state index contributed by atoms with van der Waals surface area (Å²) < 4.78 is 12.2. The average molecular weight is 399 g/mol. The first-order chi connectivity index (χ1) is 13.4. The first-order valence-electron chi connectivity index (χ1n) is 10.1. The number of anilines is 4. The summed E-state index contributed by atoms with van der Waals surface area (Å²) >= 11 is 0. The maximum Gasteiger partial charge on any atom is 0.229 e. The lowest BCUT2D eigenvalue weighted by Crippen LogP contribution is -2.44. The van der Waals surface area contributed by atoms with E-state index in [1.54, 1.807) is 0 Å². The van der Waals surface area contributed by atoms with Crippen LogP contribution >= 0.6 is 7.14 Å². The fourth-order valence-corrected chi connectivity index (χ4v) is 5.36. The molecule has 1 aromatic carbocycles.